The number of rotatable bonds is 5. The van der Waals surface area contributed by atoms with Crippen LogP contribution in [0.3, 0.4) is 0 Å². The Hall–Kier alpha value is -2.93. The smallest absolute Gasteiger partial charge is 0.231 e. The number of alkyl halides is 1. The van der Waals surface area contributed by atoms with E-state index in [-0.39, 0.29) is 12.3 Å². The molecule has 0 aromatic carbocycles. The predicted octanol–water partition coefficient (Wildman–Crippen LogP) is 3.22. The van der Waals surface area contributed by atoms with Crippen LogP contribution in [0.4, 0.5) is 10.2 Å². The first kappa shape index (κ1) is 18.4. The third-order valence-electron chi connectivity index (χ3n) is 4.85. The summed E-state index contributed by atoms with van der Waals surface area (Å²) in [6.07, 6.45) is 4.48. The summed E-state index contributed by atoms with van der Waals surface area (Å²) in [7, 11) is 0. The van der Waals surface area contributed by atoms with E-state index >= 15 is 0 Å². The van der Waals surface area contributed by atoms with Gasteiger partial charge in [-0.3, -0.25) is 14.8 Å². The van der Waals surface area contributed by atoms with Gasteiger partial charge in [-0.15, -0.1) is 0 Å². The van der Waals surface area contributed by atoms with Crippen molar-refractivity contribution in [2.24, 2.45) is 5.92 Å². The number of nitrogens with one attached hydrogen (secondary N) is 1. The van der Waals surface area contributed by atoms with E-state index in [0.29, 0.717) is 12.2 Å². The molecule has 0 spiro atoms. The van der Waals surface area contributed by atoms with Crippen LogP contribution in [0.25, 0.3) is 22.0 Å². The molecule has 3 aromatic heterocycles. The van der Waals surface area contributed by atoms with Gasteiger partial charge in [0.2, 0.25) is 5.91 Å². The Kier molecular flexibility index (Phi) is 4.77. The van der Waals surface area contributed by atoms with Crippen LogP contribution in [0.2, 0.25) is 0 Å². The largest absolute Gasteiger partial charge is 0.393 e. The Bertz CT molecular complexity index is 1050. The van der Waals surface area contributed by atoms with Gasteiger partial charge in [-0.25, -0.2) is 9.37 Å². The molecule has 0 unspecified atom stereocenters. The summed E-state index contributed by atoms with van der Waals surface area (Å²) in [5.41, 5.74) is 3.55. The number of carbonyl (C=O) groups is 1. The van der Waals surface area contributed by atoms with Crippen molar-refractivity contribution >= 4 is 22.5 Å². The first-order valence-corrected chi connectivity index (χ1v) is 9.25. The molecule has 2 N–H and O–H groups in total. The number of pyridine rings is 3. The van der Waals surface area contributed by atoms with Crippen LogP contribution in [-0.2, 0) is 11.2 Å². The molecule has 1 saturated carbocycles. The van der Waals surface area contributed by atoms with Gasteiger partial charge in [0, 0.05) is 47.0 Å². The minimum atomic E-state index is -1.03. The van der Waals surface area contributed by atoms with Crippen LogP contribution in [-0.4, -0.2) is 38.2 Å². The van der Waals surface area contributed by atoms with Crippen molar-refractivity contribution in [2.45, 2.75) is 39.0 Å². The molecular formula is C21H21FN4O2. The molecule has 3 aromatic rings. The van der Waals surface area contributed by atoms with Crippen molar-refractivity contribution in [3.8, 4) is 11.3 Å². The number of hydrogen-bond donors (Lipinski definition) is 2. The minimum Gasteiger partial charge on any atom is -0.393 e. The molecule has 3 atom stereocenters. The minimum absolute atomic E-state index is 0.285. The maximum atomic E-state index is 13.0. The Morgan fingerprint density at radius 2 is 1.93 bits per heavy atom. The number of aliphatic hydroxyl groups is 1. The quantitative estimate of drug-likeness (QED) is 0.710. The number of aromatic nitrogens is 3. The summed E-state index contributed by atoms with van der Waals surface area (Å²) in [5, 5.41) is 13.9. The number of amides is 1. The lowest BCUT2D eigenvalue weighted by Crippen LogP contribution is -2.15. The molecule has 7 heteroatoms. The predicted molar refractivity (Wildman–Crippen MR) is 105 cm³/mol. The summed E-state index contributed by atoms with van der Waals surface area (Å²) >= 11 is 0. The number of halogens is 1. The molecule has 0 bridgehead atoms. The second-order valence-corrected chi connectivity index (χ2v) is 7.38. The molecule has 144 valence electrons. The van der Waals surface area contributed by atoms with E-state index in [1.165, 1.54) is 0 Å². The van der Waals surface area contributed by atoms with Gasteiger partial charge >= 0.3 is 0 Å². The number of carbonyl (C=O) groups excluding carboxylic acids is 1. The van der Waals surface area contributed by atoms with E-state index in [2.05, 4.69) is 20.3 Å². The summed E-state index contributed by atoms with van der Waals surface area (Å²) in [6, 6.07) is 5.61. The SMILES string of the molecule is Cc1cc(C[C@@H](C)O)ncc1-c1cc2cnc(NC(=O)[C@H]3C[C@H]3F)cc2cn1. The first-order chi connectivity index (χ1) is 13.4. The fourth-order valence-electron chi connectivity index (χ4n) is 3.20. The summed E-state index contributed by atoms with van der Waals surface area (Å²) < 4.78 is 13.0. The molecule has 1 fully saturated rings. The lowest BCUT2D eigenvalue weighted by Gasteiger charge is -2.10. The number of hydrogen-bond acceptors (Lipinski definition) is 5. The lowest BCUT2D eigenvalue weighted by atomic mass is 10.0. The van der Waals surface area contributed by atoms with Crippen molar-refractivity contribution < 1.29 is 14.3 Å². The second-order valence-electron chi connectivity index (χ2n) is 7.38. The topological polar surface area (TPSA) is 88.0 Å². The van der Waals surface area contributed by atoms with Gasteiger partial charge in [0.15, 0.2) is 0 Å². The molecule has 1 aliphatic carbocycles. The van der Waals surface area contributed by atoms with Crippen LogP contribution in [0.15, 0.2) is 36.8 Å². The highest BCUT2D eigenvalue weighted by atomic mass is 19.1. The Morgan fingerprint density at radius 1 is 1.21 bits per heavy atom. The number of nitrogens with zero attached hydrogens (tertiary/aromatic N) is 3. The van der Waals surface area contributed by atoms with E-state index in [0.717, 1.165) is 33.3 Å². The van der Waals surface area contributed by atoms with Crippen molar-refractivity contribution in [1.29, 1.82) is 0 Å². The van der Waals surface area contributed by atoms with Gasteiger partial charge < -0.3 is 10.4 Å². The van der Waals surface area contributed by atoms with Gasteiger partial charge in [0.1, 0.15) is 12.0 Å². The van der Waals surface area contributed by atoms with Crippen LogP contribution >= 0.6 is 0 Å². The molecule has 1 amide bonds. The molecule has 3 heterocycles. The lowest BCUT2D eigenvalue weighted by molar-refractivity contribution is -0.117. The van der Waals surface area contributed by atoms with Crippen LogP contribution in [0, 0.1) is 12.8 Å². The van der Waals surface area contributed by atoms with Crippen molar-refractivity contribution in [2.75, 3.05) is 5.32 Å². The van der Waals surface area contributed by atoms with Gasteiger partial charge in [0.25, 0.3) is 0 Å². The van der Waals surface area contributed by atoms with Crippen molar-refractivity contribution in [1.82, 2.24) is 15.0 Å². The standard InChI is InChI=1S/C21H21FN4O2/c1-11-3-15(4-12(2)27)23-10-17(11)19-5-13-9-25-20(6-14(13)8-24-19)26-21(28)16-7-18(16)22/h3,5-6,8-10,12,16,18,27H,4,7H2,1-2H3,(H,25,26,28)/t12-,16+,18-/m1/s1. The molecule has 0 radical (unpaired) electrons. The molecule has 28 heavy (non-hydrogen) atoms. The van der Waals surface area contributed by atoms with Crippen LogP contribution < -0.4 is 5.32 Å². The average Bonchev–Trinajstić information content (AvgIpc) is 3.38. The Balaban J connectivity index is 1.58. The third-order valence-corrected chi connectivity index (χ3v) is 4.85. The highest BCUT2D eigenvalue weighted by Crippen LogP contribution is 2.34. The number of aliphatic hydroxyl groups excluding tert-OH is 1. The highest BCUT2D eigenvalue weighted by molar-refractivity contribution is 5.96. The average molecular weight is 380 g/mol. The second kappa shape index (κ2) is 7.24. The zero-order chi connectivity index (χ0) is 19.8. The van der Waals surface area contributed by atoms with Gasteiger partial charge in [-0.05, 0) is 44.0 Å². The van der Waals surface area contributed by atoms with E-state index in [9.17, 15) is 14.3 Å². The molecule has 0 saturated heterocycles. The summed E-state index contributed by atoms with van der Waals surface area (Å²) in [4.78, 5) is 25.1. The number of aryl methyl sites for hydroxylation is 1. The Labute approximate surface area is 161 Å². The fourth-order valence-corrected chi connectivity index (χ4v) is 3.20. The maximum absolute atomic E-state index is 13.0. The van der Waals surface area contributed by atoms with E-state index in [4.69, 9.17) is 0 Å². The van der Waals surface area contributed by atoms with E-state index < -0.39 is 18.2 Å². The number of anilines is 1. The molecule has 6 nitrogen and oxygen atoms in total. The summed E-state index contributed by atoms with van der Waals surface area (Å²) in [5.74, 6) is -0.486. The van der Waals surface area contributed by atoms with E-state index in [1.54, 1.807) is 31.6 Å². The van der Waals surface area contributed by atoms with Crippen molar-refractivity contribution in [3.05, 3.63) is 48.0 Å². The maximum Gasteiger partial charge on any atom is 0.231 e. The molecule has 4 rings (SSSR count). The zero-order valence-electron chi connectivity index (χ0n) is 15.7. The molecular weight excluding hydrogens is 359 g/mol. The number of fused-ring (bicyclic) bond motifs is 1. The fraction of sp³-hybridized carbons (Fsp3) is 0.333. The monoisotopic (exact) mass is 380 g/mol. The third kappa shape index (κ3) is 3.84. The Morgan fingerprint density at radius 3 is 2.61 bits per heavy atom. The van der Waals surface area contributed by atoms with Gasteiger partial charge in [-0.1, -0.05) is 0 Å². The molecule has 1 aliphatic rings. The highest BCUT2D eigenvalue weighted by Gasteiger charge is 2.43. The molecule has 0 aliphatic heterocycles. The summed E-state index contributed by atoms with van der Waals surface area (Å²) in [6.45, 7) is 3.72. The van der Waals surface area contributed by atoms with Crippen molar-refractivity contribution in [3.63, 3.8) is 0 Å². The normalized spacial score (nSPS) is 19.4. The van der Waals surface area contributed by atoms with E-state index in [1.807, 2.05) is 19.1 Å². The van der Waals surface area contributed by atoms with Gasteiger partial charge in [-0.2, -0.15) is 0 Å². The zero-order valence-corrected chi connectivity index (χ0v) is 15.7. The van der Waals surface area contributed by atoms with Gasteiger partial charge in [0.05, 0.1) is 17.7 Å². The van der Waals surface area contributed by atoms with Crippen LogP contribution in [0.5, 0.6) is 0 Å². The first-order valence-electron chi connectivity index (χ1n) is 9.25. The van der Waals surface area contributed by atoms with Crippen LogP contribution in [0.1, 0.15) is 24.6 Å².